The van der Waals surface area contributed by atoms with Crippen LogP contribution in [0, 0.1) is 11.8 Å². The summed E-state index contributed by atoms with van der Waals surface area (Å²) in [4.78, 5) is 47.0. The van der Waals surface area contributed by atoms with Crippen LogP contribution in [-0.2, 0) is 33.6 Å². The quantitative estimate of drug-likeness (QED) is 0.211. The van der Waals surface area contributed by atoms with Crippen LogP contribution in [-0.4, -0.2) is 40.0 Å². The van der Waals surface area contributed by atoms with Gasteiger partial charge in [-0.1, -0.05) is 69.3 Å². The number of carboxylic acids is 1. The monoisotopic (exact) mass is 579 g/mol. The maximum absolute atomic E-state index is 14.6. The third-order valence-electron chi connectivity index (χ3n) is 9.08. The lowest BCUT2D eigenvalue weighted by Gasteiger charge is -2.32. The zero-order chi connectivity index (χ0) is 30.3. The number of hydrogen-bond acceptors (Lipinski definition) is 5. The number of aliphatic carboxylic acids is 1. The minimum atomic E-state index is -1.72. The average molecular weight is 580 g/mol. The summed E-state index contributed by atoms with van der Waals surface area (Å²) in [6, 6.07) is 20.2. The van der Waals surface area contributed by atoms with Gasteiger partial charge >= 0.3 is 5.97 Å². The van der Waals surface area contributed by atoms with Gasteiger partial charge in [0.25, 0.3) is 0 Å². The molecule has 2 aliphatic rings. The largest absolute Gasteiger partial charge is 0.494 e. The zero-order valence-corrected chi connectivity index (χ0v) is 24.7. The number of H-pyrrole nitrogens is 1. The first-order chi connectivity index (χ1) is 20.8. The maximum atomic E-state index is 14.6. The minimum Gasteiger partial charge on any atom is -0.494 e. The summed E-state index contributed by atoms with van der Waals surface area (Å²) in [5.74, 6) is -3.29. The molecule has 1 aromatic heterocycles. The predicted molar refractivity (Wildman–Crippen MR) is 165 cm³/mol. The van der Waals surface area contributed by atoms with Crippen LogP contribution in [0.2, 0.25) is 0 Å². The number of aromatic nitrogens is 1. The number of carbonyl (C=O) groups excluding carboxylic acids is 2. The van der Waals surface area contributed by atoms with Crippen LogP contribution >= 0.6 is 0 Å². The van der Waals surface area contributed by atoms with Gasteiger partial charge in [0.1, 0.15) is 11.3 Å². The molecule has 222 valence electrons. The molecule has 2 fully saturated rings. The predicted octanol–water partition coefficient (Wildman–Crippen LogP) is 5.60. The number of benzene rings is 3. The first-order valence-electron chi connectivity index (χ1n) is 15.1. The van der Waals surface area contributed by atoms with E-state index in [1.807, 2.05) is 87.5 Å². The van der Waals surface area contributed by atoms with Gasteiger partial charge in [-0.2, -0.15) is 0 Å². The van der Waals surface area contributed by atoms with Gasteiger partial charge in [-0.05, 0) is 59.7 Å². The van der Waals surface area contributed by atoms with Crippen LogP contribution in [0.5, 0.6) is 5.75 Å². The van der Waals surface area contributed by atoms with E-state index in [9.17, 15) is 19.5 Å². The highest BCUT2D eigenvalue weighted by Gasteiger charge is 2.69. The van der Waals surface area contributed by atoms with E-state index in [0.717, 1.165) is 39.6 Å². The Bertz CT molecular complexity index is 1670. The first kappa shape index (κ1) is 28.7. The number of anilines is 1. The summed E-state index contributed by atoms with van der Waals surface area (Å²) < 4.78 is 5.77. The Hall–Kier alpha value is -4.43. The topological polar surface area (TPSA) is 112 Å². The average Bonchev–Trinajstić information content (AvgIpc) is 3.67. The molecule has 3 N–H and O–H groups in total. The second kappa shape index (κ2) is 11.3. The normalized spacial score (nSPS) is 23.2. The summed E-state index contributed by atoms with van der Waals surface area (Å²) in [7, 11) is 0. The standard InChI is InChI=1S/C35H37N3O5/c1-4-18-43-25-16-14-23(15-17-25)30-28-29(33(40)38(32(28)39)31-21(5-2)10-9-11-22(31)6-3)35(37-30,34(41)42)19-24-20-36-27-13-8-7-12-26(24)27/h7-17,20,28-30,36-37H,4-6,18-19H2,1-3H3,(H,41,42). The van der Waals surface area contributed by atoms with Crippen LogP contribution < -0.4 is 15.0 Å². The lowest BCUT2D eigenvalue weighted by atomic mass is 9.76. The first-order valence-corrected chi connectivity index (χ1v) is 15.1. The molecule has 0 bridgehead atoms. The Labute approximate surface area is 251 Å². The van der Waals surface area contributed by atoms with Crippen molar-refractivity contribution < 1.29 is 24.2 Å². The molecule has 8 nitrogen and oxygen atoms in total. The van der Waals surface area contributed by atoms with Crippen molar-refractivity contribution >= 4 is 34.4 Å². The Morgan fingerprint density at radius 3 is 2.26 bits per heavy atom. The van der Waals surface area contributed by atoms with Crippen LogP contribution in [0.1, 0.15) is 55.5 Å². The van der Waals surface area contributed by atoms with Gasteiger partial charge in [-0.15, -0.1) is 0 Å². The summed E-state index contributed by atoms with van der Waals surface area (Å²) >= 11 is 0. The third-order valence-corrected chi connectivity index (χ3v) is 9.08. The Morgan fingerprint density at radius 1 is 0.907 bits per heavy atom. The number of carbonyl (C=O) groups is 3. The van der Waals surface area contributed by atoms with Gasteiger partial charge in [0.15, 0.2) is 0 Å². The molecule has 4 atom stereocenters. The maximum Gasteiger partial charge on any atom is 0.325 e. The molecule has 2 saturated heterocycles. The number of nitrogens with one attached hydrogen (secondary N) is 2. The lowest BCUT2D eigenvalue weighted by molar-refractivity contribution is -0.148. The SMILES string of the molecule is CCCOc1ccc(C2NC(Cc3c[nH]c4ccccc34)(C(=O)O)C3C(=O)N(c4c(CC)cccc4CC)C(=O)C23)cc1. The van der Waals surface area contributed by atoms with Crippen molar-refractivity contribution in [2.24, 2.45) is 11.8 Å². The molecule has 0 saturated carbocycles. The van der Waals surface area contributed by atoms with Gasteiger partial charge in [-0.25, -0.2) is 4.90 Å². The molecule has 43 heavy (non-hydrogen) atoms. The number of imide groups is 1. The highest BCUT2D eigenvalue weighted by Crippen LogP contribution is 2.52. The molecule has 3 aromatic carbocycles. The minimum absolute atomic E-state index is 0.0324. The second-order valence-corrected chi connectivity index (χ2v) is 11.5. The number of fused-ring (bicyclic) bond motifs is 2. The summed E-state index contributed by atoms with van der Waals surface area (Å²) in [6.45, 7) is 6.60. The van der Waals surface area contributed by atoms with Crippen molar-refractivity contribution in [3.05, 3.63) is 95.2 Å². The van der Waals surface area contributed by atoms with E-state index in [0.29, 0.717) is 30.9 Å². The molecule has 4 unspecified atom stereocenters. The molecule has 0 aliphatic carbocycles. The third kappa shape index (κ3) is 4.61. The zero-order valence-electron chi connectivity index (χ0n) is 24.7. The molecule has 6 rings (SSSR count). The fourth-order valence-electron chi connectivity index (χ4n) is 7.02. The number of carboxylic acid groups (broad SMARTS) is 1. The number of hydrogen-bond donors (Lipinski definition) is 3. The summed E-state index contributed by atoms with van der Waals surface area (Å²) in [6.07, 6.45) is 3.98. The van der Waals surface area contributed by atoms with Gasteiger partial charge in [0, 0.05) is 29.6 Å². The van der Waals surface area contributed by atoms with Crippen molar-refractivity contribution in [3.63, 3.8) is 0 Å². The van der Waals surface area contributed by atoms with E-state index in [-0.39, 0.29) is 12.3 Å². The molecule has 2 amide bonds. The van der Waals surface area contributed by atoms with E-state index in [4.69, 9.17) is 4.74 Å². The molecular formula is C35H37N3O5. The van der Waals surface area contributed by atoms with Crippen LogP contribution in [0.15, 0.2) is 72.9 Å². The fourth-order valence-corrected chi connectivity index (χ4v) is 7.02. The molecule has 0 spiro atoms. The number of rotatable bonds is 10. The Balaban J connectivity index is 1.50. The molecule has 4 aromatic rings. The van der Waals surface area contributed by atoms with Crippen molar-refractivity contribution in [2.45, 2.75) is 58.0 Å². The van der Waals surface area contributed by atoms with Crippen LogP contribution in [0.3, 0.4) is 0 Å². The van der Waals surface area contributed by atoms with Gasteiger partial charge in [0.05, 0.1) is 24.1 Å². The lowest BCUT2D eigenvalue weighted by Crippen LogP contribution is -2.57. The molecule has 8 heteroatoms. The highest BCUT2D eigenvalue weighted by molar-refractivity contribution is 6.25. The number of ether oxygens (including phenoxy) is 1. The van der Waals surface area contributed by atoms with E-state index in [1.54, 1.807) is 6.20 Å². The summed E-state index contributed by atoms with van der Waals surface area (Å²) in [5, 5.41) is 15.2. The number of amides is 2. The summed E-state index contributed by atoms with van der Waals surface area (Å²) in [5.41, 5.74) is 3.06. The molecule has 0 radical (unpaired) electrons. The van der Waals surface area contributed by atoms with Crippen LogP contribution in [0.4, 0.5) is 5.69 Å². The van der Waals surface area contributed by atoms with Crippen molar-refractivity contribution in [2.75, 3.05) is 11.5 Å². The molecular weight excluding hydrogens is 542 g/mol. The van der Waals surface area contributed by atoms with Gasteiger partial charge < -0.3 is 14.8 Å². The van der Waals surface area contributed by atoms with Crippen LogP contribution in [0.25, 0.3) is 10.9 Å². The number of aromatic amines is 1. The molecule has 3 heterocycles. The number of para-hydroxylation sites is 2. The van der Waals surface area contributed by atoms with E-state index in [2.05, 4.69) is 10.3 Å². The van der Waals surface area contributed by atoms with Gasteiger partial charge in [-0.3, -0.25) is 19.7 Å². The van der Waals surface area contributed by atoms with Crippen molar-refractivity contribution in [1.82, 2.24) is 10.3 Å². The second-order valence-electron chi connectivity index (χ2n) is 11.5. The highest BCUT2D eigenvalue weighted by atomic mass is 16.5. The fraction of sp³-hybridized carbons (Fsp3) is 0.343. The van der Waals surface area contributed by atoms with Crippen molar-refractivity contribution in [3.8, 4) is 5.75 Å². The smallest absolute Gasteiger partial charge is 0.325 e. The Morgan fingerprint density at radius 2 is 1.60 bits per heavy atom. The van der Waals surface area contributed by atoms with Gasteiger partial charge in [0.2, 0.25) is 11.8 Å². The Kier molecular flexibility index (Phi) is 7.56. The molecule has 2 aliphatic heterocycles. The van der Waals surface area contributed by atoms with E-state index < -0.39 is 35.3 Å². The number of aryl methyl sites for hydroxylation is 2. The van der Waals surface area contributed by atoms with E-state index in [1.165, 1.54) is 4.90 Å². The number of nitrogens with zero attached hydrogens (tertiary/aromatic N) is 1. The van der Waals surface area contributed by atoms with Crippen molar-refractivity contribution in [1.29, 1.82) is 0 Å². The van der Waals surface area contributed by atoms with E-state index >= 15 is 0 Å².